The van der Waals surface area contributed by atoms with Crippen LogP contribution < -0.4 is 10.2 Å². The monoisotopic (exact) mass is 369 g/mol. The minimum absolute atomic E-state index is 0.00318. The molecule has 0 saturated carbocycles. The number of rotatable bonds is 4. The molecule has 2 aromatic rings. The third-order valence-corrected chi connectivity index (χ3v) is 5.43. The number of aromatic nitrogens is 2. The minimum Gasteiger partial charge on any atom is -0.378 e. The molecule has 1 N–H and O–H groups in total. The highest BCUT2D eigenvalue weighted by atomic mass is 16.5. The first-order valence-corrected chi connectivity index (χ1v) is 9.66. The quantitative estimate of drug-likeness (QED) is 0.898. The predicted molar refractivity (Wildman–Crippen MR) is 104 cm³/mol. The lowest BCUT2D eigenvalue weighted by molar-refractivity contribution is 0.122. The van der Waals surface area contributed by atoms with Gasteiger partial charge in [-0.1, -0.05) is 0 Å². The SMILES string of the molecule is Cn1cccc1C1CCCN1C(=O)NCc1ccnc(N2CCOCC2)c1. The molecule has 0 aromatic carbocycles. The zero-order chi connectivity index (χ0) is 18.6. The number of pyridine rings is 1. The van der Waals surface area contributed by atoms with Crippen LogP contribution in [0.15, 0.2) is 36.7 Å². The van der Waals surface area contributed by atoms with Gasteiger partial charge in [-0.3, -0.25) is 0 Å². The Labute approximate surface area is 159 Å². The summed E-state index contributed by atoms with van der Waals surface area (Å²) in [5, 5.41) is 3.09. The Hall–Kier alpha value is -2.54. The fourth-order valence-electron chi connectivity index (χ4n) is 3.95. The number of nitrogens with one attached hydrogen (secondary N) is 1. The van der Waals surface area contributed by atoms with Crippen molar-refractivity contribution in [3.63, 3.8) is 0 Å². The number of aryl methyl sites for hydroxylation is 1. The largest absolute Gasteiger partial charge is 0.378 e. The molecule has 0 bridgehead atoms. The van der Waals surface area contributed by atoms with Crippen molar-refractivity contribution in [2.45, 2.75) is 25.4 Å². The molecule has 1 unspecified atom stereocenters. The fourth-order valence-corrected chi connectivity index (χ4v) is 3.95. The van der Waals surface area contributed by atoms with Gasteiger partial charge in [0.25, 0.3) is 0 Å². The summed E-state index contributed by atoms with van der Waals surface area (Å²) in [6.45, 7) is 4.49. The van der Waals surface area contributed by atoms with Crippen LogP contribution in [0.5, 0.6) is 0 Å². The molecule has 0 radical (unpaired) electrons. The van der Waals surface area contributed by atoms with E-state index in [-0.39, 0.29) is 12.1 Å². The van der Waals surface area contributed by atoms with Crippen molar-refractivity contribution in [1.82, 2.24) is 19.8 Å². The van der Waals surface area contributed by atoms with Crippen LogP contribution in [-0.2, 0) is 18.3 Å². The summed E-state index contributed by atoms with van der Waals surface area (Å²) < 4.78 is 7.51. The maximum atomic E-state index is 12.8. The summed E-state index contributed by atoms with van der Waals surface area (Å²) >= 11 is 0. The summed E-state index contributed by atoms with van der Waals surface area (Å²) in [5.41, 5.74) is 2.26. The van der Waals surface area contributed by atoms with Gasteiger partial charge in [0.15, 0.2) is 0 Å². The van der Waals surface area contributed by atoms with E-state index in [4.69, 9.17) is 4.74 Å². The van der Waals surface area contributed by atoms with Gasteiger partial charge < -0.3 is 24.4 Å². The predicted octanol–water partition coefficient (Wildman–Crippen LogP) is 2.30. The number of anilines is 1. The maximum absolute atomic E-state index is 12.8. The molecule has 0 spiro atoms. The Balaban J connectivity index is 1.38. The number of carbonyl (C=O) groups is 1. The number of nitrogens with zero attached hydrogens (tertiary/aromatic N) is 4. The van der Waals surface area contributed by atoms with Gasteiger partial charge in [-0.05, 0) is 42.7 Å². The number of hydrogen-bond acceptors (Lipinski definition) is 4. The molecular weight excluding hydrogens is 342 g/mol. The van der Waals surface area contributed by atoms with Crippen molar-refractivity contribution in [3.05, 3.63) is 47.9 Å². The lowest BCUT2D eigenvalue weighted by Gasteiger charge is -2.28. The van der Waals surface area contributed by atoms with Crippen molar-refractivity contribution in [3.8, 4) is 0 Å². The second-order valence-electron chi connectivity index (χ2n) is 7.18. The van der Waals surface area contributed by atoms with E-state index < -0.39 is 0 Å². The number of likely N-dealkylation sites (tertiary alicyclic amines) is 1. The first kappa shape index (κ1) is 17.9. The van der Waals surface area contributed by atoms with E-state index in [2.05, 4.69) is 31.9 Å². The standard InChI is InChI=1S/C20H27N5O2/c1-23-8-2-4-17(23)18-5-3-9-25(18)20(26)22-15-16-6-7-21-19(14-16)24-10-12-27-13-11-24/h2,4,6-8,14,18H,3,5,9-13,15H2,1H3,(H,22,26). The zero-order valence-electron chi connectivity index (χ0n) is 15.8. The summed E-state index contributed by atoms with van der Waals surface area (Å²) in [6.07, 6.45) is 5.91. The van der Waals surface area contributed by atoms with Gasteiger partial charge in [0.05, 0.1) is 19.3 Å². The van der Waals surface area contributed by atoms with Gasteiger partial charge in [-0.15, -0.1) is 0 Å². The van der Waals surface area contributed by atoms with E-state index in [0.29, 0.717) is 6.54 Å². The molecule has 7 nitrogen and oxygen atoms in total. The van der Waals surface area contributed by atoms with E-state index in [0.717, 1.165) is 57.1 Å². The molecule has 4 rings (SSSR count). The highest BCUT2D eigenvalue weighted by Gasteiger charge is 2.31. The smallest absolute Gasteiger partial charge is 0.318 e. The number of morpholine rings is 1. The normalized spacial score (nSPS) is 20.1. The van der Waals surface area contributed by atoms with Crippen molar-refractivity contribution in [2.24, 2.45) is 7.05 Å². The highest BCUT2D eigenvalue weighted by Crippen LogP contribution is 2.31. The Kier molecular flexibility index (Phi) is 5.29. The first-order valence-electron chi connectivity index (χ1n) is 9.66. The number of amides is 2. The van der Waals surface area contributed by atoms with Crippen molar-refractivity contribution in [1.29, 1.82) is 0 Å². The Morgan fingerprint density at radius 3 is 2.93 bits per heavy atom. The molecule has 0 aliphatic carbocycles. The minimum atomic E-state index is 0.00318. The summed E-state index contributed by atoms with van der Waals surface area (Å²) in [4.78, 5) is 21.4. The molecule has 2 saturated heterocycles. The van der Waals surface area contributed by atoms with Crippen LogP contribution in [0.25, 0.3) is 0 Å². The van der Waals surface area contributed by atoms with Crippen LogP contribution in [0.1, 0.15) is 30.1 Å². The van der Waals surface area contributed by atoms with Crippen LogP contribution in [-0.4, -0.2) is 53.3 Å². The van der Waals surface area contributed by atoms with Crippen LogP contribution in [0, 0.1) is 0 Å². The van der Waals surface area contributed by atoms with Gasteiger partial charge in [0.2, 0.25) is 0 Å². The molecule has 2 amide bonds. The van der Waals surface area contributed by atoms with Gasteiger partial charge >= 0.3 is 6.03 Å². The number of hydrogen-bond donors (Lipinski definition) is 1. The van der Waals surface area contributed by atoms with Gasteiger partial charge in [0, 0.05) is 51.3 Å². The Morgan fingerprint density at radius 1 is 1.30 bits per heavy atom. The first-order chi connectivity index (χ1) is 13.2. The average Bonchev–Trinajstić information content (AvgIpc) is 3.35. The zero-order valence-corrected chi connectivity index (χ0v) is 15.8. The third-order valence-electron chi connectivity index (χ3n) is 5.43. The van der Waals surface area contributed by atoms with Crippen LogP contribution in [0.3, 0.4) is 0 Å². The molecule has 7 heteroatoms. The molecule has 27 heavy (non-hydrogen) atoms. The van der Waals surface area contributed by atoms with Gasteiger partial charge in [-0.2, -0.15) is 0 Å². The maximum Gasteiger partial charge on any atom is 0.318 e. The van der Waals surface area contributed by atoms with Crippen LogP contribution in [0.2, 0.25) is 0 Å². The highest BCUT2D eigenvalue weighted by molar-refractivity contribution is 5.75. The van der Waals surface area contributed by atoms with Crippen molar-refractivity contribution >= 4 is 11.8 Å². The molecular formula is C20H27N5O2. The van der Waals surface area contributed by atoms with E-state index >= 15 is 0 Å². The molecule has 1 atom stereocenters. The Morgan fingerprint density at radius 2 is 2.15 bits per heavy atom. The Bertz CT molecular complexity index is 784. The van der Waals surface area contributed by atoms with E-state index in [9.17, 15) is 4.79 Å². The van der Waals surface area contributed by atoms with Gasteiger partial charge in [0.1, 0.15) is 5.82 Å². The van der Waals surface area contributed by atoms with E-state index in [1.807, 2.05) is 36.5 Å². The second-order valence-corrected chi connectivity index (χ2v) is 7.18. The second kappa shape index (κ2) is 8.00. The lowest BCUT2D eigenvalue weighted by atomic mass is 10.1. The van der Waals surface area contributed by atoms with Crippen LogP contribution >= 0.6 is 0 Å². The molecule has 144 valence electrons. The van der Waals surface area contributed by atoms with E-state index in [1.165, 1.54) is 5.69 Å². The summed E-state index contributed by atoms with van der Waals surface area (Å²) in [5.74, 6) is 0.952. The number of urea groups is 1. The number of ether oxygens (including phenoxy) is 1. The van der Waals surface area contributed by atoms with Gasteiger partial charge in [-0.25, -0.2) is 9.78 Å². The lowest BCUT2D eigenvalue weighted by Crippen LogP contribution is -2.39. The molecule has 2 aliphatic heterocycles. The third kappa shape index (κ3) is 3.93. The topological polar surface area (TPSA) is 62.6 Å². The summed E-state index contributed by atoms with van der Waals surface area (Å²) in [7, 11) is 2.04. The molecule has 2 fully saturated rings. The number of carbonyl (C=O) groups excluding carboxylic acids is 1. The molecule has 2 aliphatic rings. The van der Waals surface area contributed by atoms with E-state index in [1.54, 1.807) is 0 Å². The van der Waals surface area contributed by atoms with Crippen molar-refractivity contribution in [2.75, 3.05) is 37.7 Å². The molecule has 2 aromatic heterocycles. The summed E-state index contributed by atoms with van der Waals surface area (Å²) in [6, 6.07) is 8.32. The van der Waals surface area contributed by atoms with Crippen molar-refractivity contribution < 1.29 is 9.53 Å². The average molecular weight is 369 g/mol. The molecule has 4 heterocycles. The van der Waals surface area contributed by atoms with Crippen LogP contribution in [0.4, 0.5) is 10.6 Å². The fraction of sp³-hybridized carbons (Fsp3) is 0.500.